The van der Waals surface area contributed by atoms with Crippen LogP contribution in [-0.4, -0.2) is 40.8 Å². The molecule has 0 N–H and O–H groups in total. The van der Waals surface area contributed by atoms with E-state index < -0.39 is 34.2 Å². The van der Waals surface area contributed by atoms with Crippen LogP contribution in [0.3, 0.4) is 0 Å². The van der Waals surface area contributed by atoms with Crippen LogP contribution in [0.15, 0.2) is 30.3 Å². The second-order valence-corrected chi connectivity index (χ2v) is 22.0. The minimum atomic E-state index is -3.32. The van der Waals surface area contributed by atoms with Crippen molar-refractivity contribution in [1.29, 1.82) is 0 Å². The van der Waals surface area contributed by atoms with Gasteiger partial charge in [-0.3, -0.25) is 0 Å². The normalized spacial score (nSPS) is 12.5. The second-order valence-electron chi connectivity index (χ2n) is 5.00. The molecule has 4 nitrogen and oxygen atoms in total. The standard InChI is InChI=1S/C9H15O4.C6H5.2ClH.Sn/c1-4-5-9(13-8(3)11)6-12-7(2)10;1-2-4-6-5-3-1;;;/h9H,1,4-6H2,2-3H3;1-5H;2*1H;/q;;;;+2/p-2/t9-;;;;/m0..../s1. The second kappa shape index (κ2) is 9.63. The van der Waals surface area contributed by atoms with Crippen LogP contribution in [-0.2, 0) is 19.1 Å². The SMILES string of the molecule is CC(=O)OC[C@H](CC[CH2][Sn]([Cl])([Cl])[c]1ccccc1)OC(C)=O. The third kappa shape index (κ3) is 7.70. The Bertz CT molecular complexity index is 494. The molecule has 0 aromatic heterocycles. The Balaban J connectivity index is 2.50. The van der Waals surface area contributed by atoms with Gasteiger partial charge in [0.25, 0.3) is 0 Å². The number of esters is 2. The van der Waals surface area contributed by atoms with Gasteiger partial charge in [0.2, 0.25) is 0 Å². The molecule has 0 aliphatic rings. The Morgan fingerprint density at radius 2 is 1.77 bits per heavy atom. The van der Waals surface area contributed by atoms with Crippen molar-refractivity contribution in [2.24, 2.45) is 0 Å². The number of hydrogen-bond donors (Lipinski definition) is 0. The number of benzene rings is 1. The molecule has 0 radical (unpaired) electrons. The van der Waals surface area contributed by atoms with Gasteiger partial charge in [0.1, 0.15) is 0 Å². The van der Waals surface area contributed by atoms with Crippen molar-refractivity contribution in [3.05, 3.63) is 30.3 Å². The first-order valence-electron chi connectivity index (χ1n) is 7.05. The van der Waals surface area contributed by atoms with Crippen LogP contribution in [0.1, 0.15) is 26.7 Å². The van der Waals surface area contributed by atoms with Crippen LogP contribution >= 0.6 is 17.8 Å². The van der Waals surface area contributed by atoms with E-state index in [-0.39, 0.29) is 6.61 Å². The average Bonchev–Trinajstić information content (AvgIpc) is 2.45. The van der Waals surface area contributed by atoms with Crippen molar-refractivity contribution in [2.75, 3.05) is 6.61 Å². The van der Waals surface area contributed by atoms with Crippen molar-refractivity contribution in [2.45, 2.75) is 37.2 Å². The zero-order valence-electron chi connectivity index (χ0n) is 12.7. The van der Waals surface area contributed by atoms with Crippen molar-refractivity contribution in [1.82, 2.24) is 0 Å². The van der Waals surface area contributed by atoms with Gasteiger partial charge in [-0.05, 0) is 0 Å². The molecule has 0 saturated heterocycles. The van der Waals surface area contributed by atoms with E-state index in [1.807, 2.05) is 30.3 Å². The predicted octanol–water partition coefficient (Wildman–Crippen LogP) is 3.09. The van der Waals surface area contributed by atoms with Gasteiger partial charge in [-0.1, -0.05) is 0 Å². The number of halogens is 2. The fourth-order valence-corrected chi connectivity index (χ4v) is 10.1. The number of carbonyl (C=O) groups excluding carboxylic acids is 2. The minimum absolute atomic E-state index is 0.0628. The van der Waals surface area contributed by atoms with Crippen molar-refractivity contribution < 1.29 is 19.1 Å². The molecule has 0 unspecified atom stereocenters. The number of hydrogen-bond acceptors (Lipinski definition) is 4. The Morgan fingerprint density at radius 3 is 2.32 bits per heavy atom. The van der Waals surface area contributed by atoms with E-state index in [9.17, 15) is 9.59 Å². The fourth-order valence-electron chi connectivity index (χ4n) is 2.00. The summed E-state index contributed by atoms with van der Waals surface area (Å²) in [7, 11) is 13.1. The first-order chi connectivity index (χ1) is 10.3. The zero-order chi connectivity index (χ0) is 16.6. The van der Waals surface area contributed by atoms with E-state index in [0.717, 1.165) is 10.0 Å². The molecule has 1 atom stereocenters. The van der Waals surface area contributed by atoms with Gasteiger partial charge in [0, 0.05) is 0 Å². The monoisotopic (exact) mass is 454 g/mol. The Morgan fingerprint density at radius 1 is 1.14 bits per heavy atom. The summed E-state index contributed by atoms with van der Waals surface area (Å²) >= 11 is -3.32. The molecule has 0 bridgehead atoms. The summed E-state index contributed by atoms with van der Waals surface area (Å²) < 4.78 is 11.8. The molecule has 0 aliphatic carbocycles. The molecule has 7 heteroatoms. The maximum atomic E-state index is 11.1. The summed E-state index contributed by atoms with van der Waals surface area (Å²) in [6.45, 7) is 2.71. The Hall–Kier alpha value is -0.461. The molecule has 1 aromatic rings. The van der Waals surface area contributed by atoms with Crippen LogP contribution in [0, 0.1) is 0 Å². The first kappa shape index (κ1) is 19.6. The summed E-state index contributed by atoms with van der Waals surface area (Å²) in [6, 6.07) is 9.69. The maximum absolute atomic E-state index is 11.1. The number of rotatable bonds is 8. The van der Waals surface area contributed by atoms with Crippen LogP contribution < -0.4 is 3.58 Å². The van der Waals surface area contributed by atoms with E-state index in [1.54, 1.807) is 0 Å². The van der Waals surface area contributed by atoms with Gasteiger partial charge in [-0.25, -0.2) is 0 Å². The molecule has 1 rings (SSSR count). The summed E-state index contributed by atoms with van der Waals surface area (Å²) in [5.74, 6) is -0.795. The molecule has 122 valence electrons. The number of carbonyl (C=O) groups is 2. The molecule has 0 amide bonds. The summed E-state index contributed by atoms with van der Waals surface area (Å²) in [5.41, 5.74) is 0. The van der Waals surface area contributed by atoms with E-state index in [0.29, 0.717) is 10.9 Å². The molecule has 22 heavy (non-hydrogen) atoms. The van der Waals surface area contributed by atoms with Crippen molar-refractivity contribution >= 4 is 49.5 Å². The summed E-state index contributed by atoms with van der Waals surface area (Å²) in [6.07, 6.45) is 0.835. The van der Waals surface area contributed by atoms with E-state index >= 15 is 0 Å². The van der Waals surface area contributed by atoms with Gasteiger partial charge in [0.15, 0.2) is 0 Å². The van der Waals surface area contributed by atoms with Crippen molar-refractivity contribution in [3.8, 4) is 0 Å². The van der Waals surface area contributed by atoms with E-state index in [1.165, 1.54) is 13.8 Å². The molecule has 1 aromatic carbocycles. The molecule has 0 fully saturated rings. The predicted molar refractivity (Wildman–Crippen MR) is 89.8 cm³/mol. The topological polar surface area (TPSA) is 52.6 Å². The molecule has 0 saturated carbocycles. The van der Waals surface area contributed by atoms with Gasteiger partial charge in [0.05, 0.1) is 0 Å². The third-order valence-electron chi connectivity index (χ3n) is 3.02. The summed E-state index contributed by atoms with van der Waals surface area (Å²) in [4.78, 5) is 21.9. The van der Waals surface area contributed by atoms with Crippen LogP contribution in [0.2, 0.25) is 4.44 Å². The van der Waals surface area contributed by atoms with Crippen molar-refractivity contribution in [3.63, 3.8) is 0 Å². The number of ether oxygens (including phenoxy) is 2. The summed E-state index contributed by atoms with van der Waals surface area (Å²) in [5, 5.41) is 0. The van der Waals surface area contributed by atoms with E-state index in [4.69, 9.17) is 27.3 Å². The molecular weight excluding hydrogens is 434 g/mol. The van der Waals surface area contributed by atoms with Gasteiger partial charge in [-0.15, -0.1) is 0 Å². The Kier molecular flexibility index (Phi) is 8.57. The molecular formula is C15H20Cl2O4Sn. The average molecular weight is 454 g/mol. The van der Waals surface area contributed by atoms with Gasteiger partial charge >= 0.3 is 143 Å². The Labute approximate surface area is 142 Å². The molecule has 0 heterocycles. The van der Waals surface area contributed by atoms with Crippen LogP contribution in [0.5, 0.6) is 0 Å². The third-order valence-corrected chi connectivity index (χ3v) is 14.6. The first-order valence-corrected chi connectivity index (χ1v) is 17.7. The van der Waals surface area contributed by atoms with Gasteiger partial charge in [-0.2, -0.15) is 0 Å². The molecule has 0 spiro atoms. The van der Waals surface area contributed by atoms with E-state index in [2.05, 4.69) is 0 Å². The van der Waals surface area contributed by atoms with Gasteiger partial charge < -0.3 is 0 Å². The van der Waals surface area contributed by atoms with Crippen LogP contribution in [0.25, 0.3) is 0 Å². The van der Waals surface area contributed by atoms with Crippen LogP contribution in [0.4, 0.5) is 0 Å². The molecule has 0 aliphatic heterocycles. The fraction of sp³-hybridized carbons (Fsp3) is 0.467. The zero-order valence-corrected chi connectivity index (χ0v) is 17.0. The quantitative estimate of drug-likeness (QED) is 0.448.